The SMILES string of the molecule is CC(C)C[C@H](NC(=O)CC(c1ccccc1)c1ccccc1)C(=O)NC(Cc1ccccc1)C(=O)C(=O)O. The third-order valence-corrected chi connectivity index (χ3v) is 6.28. The molecule has 7 heteroatoms. The number of carboxylic acids is 1. The number of carbonyl (C=O) groups excluding carboxylic acids is 3. The van der Waals surface area contributed by atoms with Crippen molar-refractivity contribution in [1.82, 2.24) is 10.6 Å². The van der Waals surface area contributed by atoms with Crippen LogP contribution in [0.3, 0.4) is 0 Å². The molecule has 3 aromatic carbocycles. The molecule has 0 aromatic heterocycles. The lowest BCUT2D eigenvalue weighted by atomic mass is 9.88. The van der Waals surface area contributed by atoms with Gasteiger partial charge in [0.25, 0.3) is 5.78 Å². The summed E-state index contributed by atoms with van der Waals surface area (Å²) in [5.74, 6) is -3.77. The molecule has 0 bridgehead atoms. The van der Waals surface area contributed by atoms with E-state index in [4.69, 9.17) is 0 Å². The monoisotopic (exact) mass is 514 g/mol. The molecule has 0 aliphatic heterocycles. The molecule has 0 saturated carbocycles. The molecule has 0 saturated heterocycles. The smallest absolute Gasteiger partial charge is 0.374 e. The first-order valence-corrected chi connectivity index (χ1v) is 12.7. The molecule has 0 fully saturated rings. The van der Waals surface area contributed by atoms with Gasteiger partial charge in [0.05, 0.1) is 0 Å². The van der Waals surface area contributed by atoms with E-state index in [1.165, 1.54) is 0 Å². The number of hydrogen-bond acceptors (Lipinski definition) is 4. The van der Waals surface area contributed by atoms with E-state index in [1.54, 1.807) is 24.3 Å². The Morgan fingerprint density at radius 2 is 1.21 bits per heavy atom. The van der Waals surface area contributed by atoms with E-state index in [0.29, 0.717) is 12.0 Å². The fourth-order valence-electron chi connectivity index (χ4n) is 4.42. The molecule has 38 heavy (non-hydrogen) atoms. The Bertz CT molecular complexity index is 1170. The highest BCUT2D eigenvalue weighted by Crippen LogP contribution is 2.28. The highest BCUT2D eigenvalue weighted by Gasteiger charge is 2.31. The highest BCUT2D eigenvalue weighted by atomic mass is 16.4. The predicted octanol–water partition coefficient (Wildman–Crippen LogP) is 4.12. The summed E-state index contributed by atoms with van der Waals surface area (Å²) in [7, 11) is 0. The lowest BCUT2D eigenvalue weighted by molar-refractivity contribution is -0.150. The van der Waals surface area contributed by atoms with Crippen molar-refractivity contribution in [3.8, 4) is 0 Å². The Balaban J connectivity index is 1.77. The largest absolute Gasteiger partial charge is 0.475 e. The molecule has 0 spiro atoms. The summed E-state index contributed by atoms with van der Waals surface area (Å²) in [5.41, 5.74) is 2.67. The van der Waals surface area contributed by atoms with Gasteiger partial charge in [-0.2, -0.15) is 0 Å². The maximum absolute atomic E-state index is 13.3. The Labute approximate surface area is 223 Å². The van der Waals surface area contributed by atoms with Crippen LogP contribution in [-0.4, -0.2) is 40.8 Å². The fourth-order valence-corrected chi connectivity index (χ4v) is 4.42. The van der Waals surface area contributed by atoms with Gasteiger partial charge in [-0.1, -0.05) is 105 Å². The van der Waals surface area contributed by atoms with Crippen LogP contribution in [0, 0.1) is 5.92 Å². The predicted molar refractivity (Wildman–Crippen MR) is 145 cm³/mol. The molecule has 3 rings (SSSR count). The van der Waals surface area contributed by atoms with E-state index in [0.717, 1.165) is 11.1 Å². The molecule has 0 heterocycles. The second-order valence-electron chi connectivity index (χ2n) is 9.75. The normalized spacial score (nSPS) is 12.5. The number of rotatable bonds is 13. The van der Waals surface area contributed by atoms with Crippen molar-refractivity contribution in [2.45, 2.75) is 51.1 Å². The van der Waals surface area contributed by atoms with Gasteiger partial charge in [0.2, 0.25) is 11.8 Å². The standard InChI is InChI=1S/C31H34N2O5/c1-21(2)18-27(30(36)33-26(29(35)31(37)38)19-22-12-6-3-7-13-22)32-28(34)20-25(23-14-8-4-9-15-23)24-16-10-5-11-17-24/h3-17,21,25-27H,18-20H2,1-2H3,(H,32,34)(H,33,36)(H,37,38)/t26?,27-/m0/s1. The molecule has 198 valence electrons. The van der Waals surface area contributed by atoms with Crippen LogP contribution in [0.2, 0.25) is 0 Å². The first-order chi connectivity index (χ1) is 18.2. The number of nitrogens with one attached hydrogen (secondary N) is 2. The summed E-state index contributed by atoms with van der Waals surface area (Å²) in [6.07, 6.45) is 0.486. The van der Waals surface area contributed by atoms with Gasteiger partial charge in [0.15, 0.2) is 0 Å². The lowest BCUT2D eigenvalue weighted by Gasteiger charge is -2.25. The van der Waals surface area contributed by atoms with E-state index in [1.807, 2.05) is 80.6 Å². The van der Waals surface area contributed by atoms with Crippen LogP contribution in [-0.2, 0) is 25.6 Å². The van der Waals surface area contributed by atoms with Gasteiger partial charge < -0.3 is 15.7 Å². The minimum absolute atomic E-state index is 0.0319. The number of carboxylic acid groups (broad SMARTS) is 1. The third-order valence-electron chi connectivity index (χ3n) is 6.28. The average molecular weight is 515 g/mol. The molecule has 0 aliphatic rings. The summed E-state index contributed by atoms with van der Waals surface area (Å²) in [6.45, 7) is 3.85. The zero-order chi connectivity index (χ0) is 27.5. The van der Waals surface area contributed by atoms with Crippen LogP contribution in [0.25, 0.3) is 0 Å². The number of carbonyl (C=O) groups is 4. The minimum atomic E-state index is -1.62. The second kappa shape index (κ2) is 13.9. The van der Waals surface area contributed by atoms with Crippen LogP contribution >= 0.6 is 0 Å². The first-order valence-electron chi connectivity index (χ1n) is 12.7. The maximum atomic E-state index is 13.3. The van der Waals surface area contributed by atoms with E-state index in [9.17, 15) is 24.3 Å². The molecular formula is C31H34N2O5. The molecule has 2 atom stereocenters. The van der Waals surface area contributed by atoms with Crippen molar-refractivity contribution in [3.63, 3.8) is 0 Å². The van der Waals surface area contributed by atoms with Gasteiger partial charge in [0.1, 0.15) is 12.1 Å². The molecular weight excluding hydrogens is 480 g/mol. The van der Waals surface area contributed by atoms with Crippen LogP contribution in [0.5, 0.6) is 0 Å². The summed E-state index contributed by atoms with van der Waals surface area (Å²) >= 11 is 0. The van der Waals surface area contributed by atoms with Crippen LogP contribution in [0.4, 0.5) is 0 Å². The summed E-state index contributed by atoms with van der Waals surface area (Å²) < 4.78 is 0. The number of hydrogen-bond donors (Lipinski definition) is 3. The number of amides is 2. The summed E-state index contributed by atoms with van der Waals surface area (Å²) in [5, 5.41) is 14.8. The first kappa shape index (κ1) is 28.3. The molecule has 3 N–H and O–H groups in total. The Morgan fingerprint density at radius 3 is 1.68 bits per heavy atom. The number of benzene rings is 3. The molecule has 7 nitrogen and oxygen atoms in total. The van der Waals surface area contributed by atoms with Gasteiger partial charge >= 0.3 is 5.97 Å². The van der Waals surface area contributed by atoms with Gasteiger partial charge in [-0.3, -0.25) is 14.4 Å². The number of ketones is 1. The molecule has 0 radical (unpaired) electrons. The molecule has 3 aromatic rings. The Morgan fingerprint density at radius 1 is 0.711 bits per heavy atom. The minimum Gasteiger partial charge on any atom is -0.475 e. The van der Waals surface area contributed by atoms with Gasteiger partial charge in [0, 0.05) is 18.8 Å². The second-order valence-corrected chi connectivity index (χ2v) is 9.75. The zero-order valence-electron chi connectivity index (χ0n) is 21.7. The maximum Gasteiger partial charge on any atom is 0.374 e. The fraction of sp³-hybridized carbons (Fsp3) is 0.290. The van der Waals surface area contributed by atoms with Crippen molar-refractivity contribution in [1.29, 1.82) is 0 Å². The quantitative estimate of drug-likeness (QED) is 0.297. The molecule has 0 aliphatic carbocycles. The van der Waals surface area contributed by atoms with Crippen molar-refractivity contribution < 1.29 is 24.3 Å². The van der Waals surface area contributed by atoms with Gasteiger partial charge in [-0.25, -0.2) is 4.79 Å². The topological polar surface area (TPSA) is 113 Å². The van der Waals surface area contributed by atoms with Gasteiger partial charge in [-0.05, 0) is 29.0 Å². The molecule has 1 unspecified atom stereocenters. The number of aliphatic carboxylic acids is 1. The van der Waals surface area contributed by atoms with E-state index in [-0.39, 0.29) is 30.6 Å². The average Bonchev–Trinajstić information content (AvgIpc) is 2.91. The van der Waals surface area contributed by atoms with Crippen molar-refractivity contribution in [2.24, 2.45) is 5.92 Å². The Kier molecular flexibility index (Phi) is 10.3. The van der Waals surface area contributed by atoms with E-state index >= 15 is 0 Å². The van der Waals surface area contributed by atoms with Crippen molar-refractivity contribution in [2.75, 3.05) is 0 Å². The number of Topliss-reactive ketones (excluding diaryl/α,β-unsaturated/α-hetero) is 1. The van der Waals surface area contributed by atoms with E-state index < -0.39 is 29.7 Å². The molecule has 2 amide bonds. The Hall–Kier alpha value is -4.26. The van der Waals surface area contributed by atoms with Crippen molar-refractivity contribution >= 4 is 23.6 Å². The zero-order valence-corrected chi connectivity index (χ0v) is 21.7. The van der Waals surface area contributed by atoms with E-state index in [2.05, 4.69) is 10.6 Å². The summed E-state index contributed by atoms with van der Waals surface area (Å²) in [4.78, 5) is 50.4. The van der Waals surface area contributed by atoms with Gasteiger partial charge in [-0.15, -0.1) is 0 Å². The van der Waals surface area contributed by atoms with Crippen molar-refractivity contribution in [3.05, 3.63) is 108 Å². The summed E-state index contributed by atoms with van der Waals surface area (Å²) in [6, 6.07) is 26.1. The van der Waals surface area contributed by atoms with Crippen LogP contribution in [0.1, 0.15) is 49.3 Å². The third kappa shape index (κ3) is 8.40. The highest BCUT2D eigenvalue weighted by molar-refractivity contribution is 6.35. The van der Waals surface area contributed by atoms with Crippen LogP contribution in [0.15, 0.2) is 91.0 Å². The van der Waals surface area contributed by atoms with Crippen LogP contribution < -0.4 is 10.6 Å². The lowest BCUT2D eigenvalue weighted by Crippen LogP contribution is -2.53.